The first-order chi connectivity index (χ1) is 12.2. The molecule has 0 aliphatic carbocycles. The lowest BCUT2D eigenvalue weighted by molar-refractivity contribution is 0.144. The van der Waals surface area contributed by atoms with Gasteiger partial charge in [-0.3, -0.25) is 9.11 Å². The van der Waals surface area contributed by atoms with Crippen LogP contribution in [0.4, 0.5) is 0 Å². The van der Waals surface area contributed by atoms with Crippen molar-refractivity contribution in [1.82, 2.24) is 0 Å². The maximum absolute atomic E-state index is 9.52. The number of allylic oxidation sites excluding steroid dienone is 1. The summed E-state index contributed by atoms with van der Waals surface area (Å²) in [6.45, 7) is 2.08. The fraction of sp³-hybridized carbons (Fsp3) is 0.889. The van der Waals surface area contributed by atoms with E-state index in [9.17, 15) is 5.11 Å². The SMILES string of the molecule is CCCCCCCCCCCCCC=CC(O)C(N)CO.O=S(=O)(O)O. The Bertz CT molecular complexity index is 406. The molecule has 0 aromatic rings. The van der Waals surface area contributed by atoms with E-state index in [1.807, 2.05) is 6.08 Å². The summed E-state index contributed by atoms with van der Waals surface area (Å²) in [5.74, 6) is 0. The molecule has 8 heteroatoms. The van der Waals surface area contributed by atoms with Crippen LogP contribution >= 0.6 is 0 Å². The first-order valence-electron chi connectivity index (χ1n) is 9.63. The molecule has 0 amide bonds. The Morgan fingerprint density at radius 1 is 0.885 bits per heavy atom. The minimum atomic E-state index is -4.67. The summed E-state index contributed by atoms with van der Waals surface area (Å²) in [5.41, 5.74) is 5.51. The van der Waals surface area contributed by atoms with Gasteiger partial charge in [-0.1, -0.05) is 83.3 Å². The van der Waals surface area contributed by atoms with Crippen LogP contribution in [0.25, 0.3) is 0 Å². The zero-order valence-electron chi connectivity index (χ0n) is 16.1. The molecule has 0 aliphatic rings. The van der Waals surface area contributed by atoms with Gasteiger partial charge in [-0.05, 0) is 12.8 Å². The zero-order chi connectivity index (χ0) is 20.3. The van der Waals surface area contributed by atoms with Crippen LogP contribution in [0.5, 0.6) is 0 Å². The van der Waals surface area contributed by atoms with Gasteiger partial charge in [0.15, 0.2) is 0 Å². The molecule has 7 nitrogen and oxygen atoms in total. The molecular formula is C18H39NO6S. The Morgan fingerprint density at radius 2 is 1.27 bits per heavy atom. The zero-order valence-corrected chi connectivity index (χ0v) is 16.9. The molecule has 26 heavy (non-hydrogen) atoms. The van der Waals surface area contributed by atoms with Gasteiger partial charge in [0.05, 0.1) is 18.8 Å². The van der Waals surface area contributed by atoms with Gasteiger partial charge in [0.1, 0.15) is 0 Å². The summed E-state index contributed by atoms with van der Waals surface area (Å²) in [4.78, 5) is 0. The molecule has 0 bridgehead atoms. The number of rotatable bonds is 15. The van der Waals surface area contributed by atoms with E-state index in [-0.39, 0.29) is 6.61 Å². The molecule has 0 fully saturated rings. The second kappa shape index (κ2) is 19.3. The van der Waals surface area contributed by atoms with Crippen LogP contribution in [0.1, 0.15) is 84.0 Å². The standard InChI is InChI=1S/C18H37NO2.H2O4S/c1-2-3-4-5-6-7-8-9-10-11-12-13-14-15-18(21)17(19)16-20;1-5(2,3)4/h14-15,17-18,20-21H,2-13,16,19H2,1H3;(H2,1,2,3,4). The van der Waals surface area contributed by atoms with Crippen molar-refractivity contribution in [2.45, 2.75) is 96.1 Å². The molecule has 2 atom stereocenters. The highest BCUT2D eigenvalue weighted by molar-refractivity contribution is 7.79. The van der Waals surface area contributed by atoms with Crippen LogP contribution in [0, 0.1) is 0 Å². The highest BCUT2D eigenvalue weighted by Gasteiger charge is 2.08. The number of unbranched alkanes of at least 4 members (excludes halogenated alkanes) is 11. The molecule has 158 valence electrons. The van der Waals surface area contributed by atoms with Crippen LogP contribution in [-0.2, 0) is 10.4 Å². The van der Waals surface area contributed by atoms with Crippen LogP contribution in [0.3, 0.4) is 0 Å². The molecule has 0 saturated heterocycles. The molecule has 6 N–H and O–H groups in total. The summed E-state index contributed by atoms with van der Waals surface area (Å²) in [7, 11) is -4.67. The smallest absolute Gasteiger partial charge is 0.394 e. The van der Waals surface area contributed by atoms with E-state index in [1.165, 1.54) is 70.6 Å². The van der Waals surface area contributed by atoms with Crippen LogP contribution in [0.2, 0.25) is 0 Å². The predicted octanol–water partition coefficient (Wildman–Crippen LogP) is 3.27. The lowest BCUT2D eigenvalue weighted by Crippen LogP contribution is -2.36. The first-order valence-corrected chi connectivity index (χ1v) is 11.0. The molecule has 0 spiro atoms. The first kappa shape index (κ1) is 27.7. The molecule has 0 radical (unpaired) electrons. The summed E-state index contributed by atoms with van der Waals surface area (Å²) < 4.78 is 31.6. The van der Waals surface area contributed by atoms with E-state index in [1.54, 1.807) is 6.08 Å². The Balaban J connectivity index is 0. The van der Waals surface area contributed by atoms with Gasteiger partial charge >= 0.3 is 10.4 Å². The quantitative estimate of drug-likeness (QED) is 0.162. The Kier molecular flexibility index (Phi) is 20.5. The van der Waals surface area contributed by atoms with Crippen molar-refractivity contribution in [3.8, 4) is 0 Å². The van der Waals surface area contributed by atoms with Gasteiger partial charge in [0.25, 0.3) is 0 Å². The third kappa shape index (κ3) is 28.3. The average Bonchev–Trinajstić information content (AvgIpc) is 2.56. The van der Waals surface area contributed by atoms with Crippen molar-refractivity contribution in [2.24, 2.45) is 5.73 Å². The van der Waals surface area contributed by atoms with E-state index < -0.39 is 22.5 Å². The molecule has 0 aromatic heterocycles. The Hall–Kier alpha value is -0.510. The van der Waals surface area contributed by atoms with E-state index in [4.69, 9.17) is 28.4 Å². The summed E-state index contributed by atoms with van der Waals surface area (Å²) >= 11 is 0. The highest BCUT2D eigenvalue weighted by atomic mass is 32.3. The van der Waals surface area contributed by atoms with Gasteiger partial charge in [0.2, 0.25) is 0 Å². The van der Waals surface area contributed by atoms with Crippen LogP contribution < -0.4 is 5.73 Å². The molecule has 0 heterocycles. The van der Waals surface area contributed by atoms with Gasteiger partial charge in [0, 0.05) is 0 Å². The number of nitrogens with two attached hydrogens (primary N) is 1. The van der Waals surface area contributed by atoms with E-state index in [0.29, 0.717) is 0 Å². The molecule has 2 unspecified atom stereocenters. The monoisotopic (exact) mass is 397 g/mol. The lowest BCUT2D eigenvalue weighted by Gasteiger charge is -2.11. The summed E-state index contributed by atoms with van der Waals surface area (Å²) in [6, 6.07) is -0.557. The molecular weight excluding hydrogens is 358 g/mol. The molecule has 0 aromatic carbocycles. The average molecular weight is 398 g/mol. The van der Waals surface area contributed by atoms with Crippen molar-refractivity contribution in [1.29, 1.82) is 0 Å². The topological polar surface area (TPSA) is 141 Å². The molecule has 0 rings (SSSR count). The minimum Gasteiger partial charge on any atom is -0.395 e. The second-order valence-corrected chi connectivity index (χ2v) is 7.43. The molecule has 0 saturated carbocycles. The minimum absolute atomic E-state index is 0.177. The van der Waals surface area contributed by atoms with Crippen molar-refractivity contribution in [3.05, 3.63) is 12.2 Å². The van der Waals surface area contributed by atoms with Gasteiger partial charge < -0.3 is 15.9 Å². The van der Waals surface area contributed by atoms with Gasteiger partial charge in [-0.15, -0.1) is 0 Å². The third-order valence-corrected chi connectivity index (χ3v) is 3.96. The summed E-state index contributed by atoms with van der Waals surface area (Å²) in [6.07, 6.45) is 18.8. The number of hydrogen-bond donors (Lipinski definition) is 5. The van der Waals surface area contributed by atoms with Gasteiger partial charge in [-0.25, -0.2) is 0 Å². The maximum atomic E-state index is 9.52. The van der Waals surface area contributed by atoms with Crippen LogP contribution in [-0.4, -0.2) is 46.5 Å². The summed E-state index contributed by atoms with van der Waals surface area (Å²) in [5, 5.41) is 18.3. The fourth-order valence-corrected chi connectivity index (χ4v) is 2.41. The third-order valence-electron chi connectivity index (χ3n) is 3.96. The van der Waals surface area contributed by atoms with Crippen molar-refractivity contribution in [2.75, 3.05) is 6.61 Å². The van der Waals surface area contributed by atoms with Gasteiger partial charge in [-0.2, -0.15) is 8.42 Å². The number of aliphatic hydroxyl groups excluding tert-OH is 2. The Labute approximate surface area is 159 Å². The number of aliphatic hydroxyl groups is 2. The second-order valence-electron chi connectivity index (χ2n) is 6.54. The fourth-order valence-electron chi connectivity index (χ4n) is 2.41. The lowest BCUT2D eigenvalue weighted by atomic mass is 10.0. The maximum Gasteiger partial charge on any atom is 0.394 e. The molecule has 0 aliphatic heterocycles. The Morgan fingerprint density at radius 3 is 1.65 bits per heavy atom. The predicted molar refractivity (Wildman–Crippen MR) is 105 cm³/mol. The van der Waals surface area contributed by atoms with Crippen LogP contribution in [0.15, 0.2) is 12.2 Å². The van der Waals surface area contributed by atoms with E-state index in [2.05, 4.69) is 6.92 Å². The number of hydrogen-bond acceptors (Lipinski definition) is 5. The van der Waals surface area contributed by atoms with E-state index >= 15 is 0 Å². The van der Waals surface area contributed by atoms with Crippen molar-refractivity contribution >= 4 is 10.4 Å². The van der Waals surface area contributed by atoms with E-state index in [0.717, 1.165) is 6.42 Å². The highest BCUT2D eigenvalue weighted by Crippen LogP contribution is 2.12. The normalized spacial score (nSPS) is 14.1. The largest absolute Gasteiger partial charge is 0.395 e. The van der Waals surface area contributed by atoms with Crippen molar-refractivity contribution in [3.63, 3.8) is 0 Å². The van der Waals surface area contributed by atoms with Crippen molar-refractivity contribution < 1.29 is 27.7 Å².